The third kappa shape index (κ3) is 4.80. The van der Waals surface area contributed by atoms with Gasteiger partial charge in [-0.25, -0.2) is 0 Å². The van der Waals surface area contributed by atoms with Gasteiger partial charge in [0.15, 0.2) is 5.82 Å². The van der Waals surface area contributed by atoms with Crippen molar-refractivity contribution in [2.75, 3.05) is 10.6 Å². The molecule has 132 valence electrons. The van der Waals surface area contributed by atoms with Crippen LogP contribution in [0, 0.1) is 6.92 Å². The Morgan fingerprint density at radius 2 is 1.58 bits per heavy atom. The van der Waals surface area contributed by atoms with Gasteiger partial charge in [-0.15, -0.1) is 10.2 Å². The van der Waals surface area contributed by atoms with Crippen molar-refractivity contribution in [1.82, 2.24) is 10.2 Å². The lowest BCUT2D eigenvalue weighted by Crippen LogP contribution is -2.16. The minimum atomic E-state index is -0.120. The van der Waals surface area contributed by atoms with Gasteiger partial charge in [0.05, 0.1) is 6.42 Å². The molecule has 2 aromatic carbocycles. The lowest BCUT2D eigenvalue weighted by Gasteiger charge is -2.08. The fourth-order valence-electron chi connectivity index (χ4n) is 2.49. The first-order valence-electron chi connectivity index (χ1n) is 8.27. The summed E-state index contributed by atoms with van der Waals surface area (Å²) in [5.74, 6) is 0.916. The highest BCUT2D eigenvalue weighted by atomic mass is 35.5. The number of aryl methyl sites for hydroxylation is 1. The Morgan fingerprint density at radius 1 is 0.923 bits per heavy atom. The van der Waals surface area contributed by atoms with Crippen molar-refractivity contribution >= 4 is 29.1 Å². The van der Waals surface area contributed by atoms with Crippen molar-refractivity contribution in [3.63, 3.8) is 0 Å². The van der Waals surface area contributed by atoms with Gasteiger partial charge in [-0.2, -0.15) is 0 Å². The van der Waals surface area contributed by atoms with E-state index < -0.39 is 0 Å². The highest BCUT2D eigenvalue weighted by molar-refractivity contribution is 6.31. The quantitative estimate of drug-likeness (QED) is 0.685. The van der Waals surface area contributed by atoms with E-state index >= 15 is 0 Å². The summed E-state index contributed by atoms with van der Waals surface area (Å²) in [6.45, 7) is 2.54. The standard InChI is InChI=1S/C20H19ClN4O/c1-14-6-2-3-7-15(14)12-20(26)23-19-11-10-18(24-25-19)22-13-16-8-4-5-9-17(16)21/h2-11H,12-13H2,1H3,(H,22,24)(H,23,25,26). The summed E-state index contributed by atoms with van der Waals surface area (Å²) in [6, 6.07) is 18.9. The van der Waals surface area contributed by atoms with Crippen LogP contribution in [-0.2, 0) is 17.8 Å². The molecule has 5 nitrogen and oxygen atoms in total. The first-order chi connectivity index (χ1) is 12.6. The van der Waals surface area contributed by atoms with Gasteiger partial charge in [0.1, 0.15) is 5.82 Å². The number of carbonyl (C=O) groups excluding carboxylic acids is 1. The Labute approximate surface area is 157 Å². The third-order valence-corrected chi connectivity index (χ3v) is 4.33. The molecule has 0 bridgehead atoms. The molecule has 2 N–H and O–H groups in total. The molecule has 0 atom stereocenters. The Morgan fingerprint density at radius 3 is 2.27 bits per heavy atom. The van der Waals surface area contributed by atoms with Crippen molar-refractivity contribution in [2.24, 2.45) is 0 Å². The average Bonchev–Trinajstić information content (AvgIpc) is 2.64. The van der Waals surface area contributed by atoms with Gasteiger partial charge in [-0.1, -0.05) is 54.1 Å². The first kappa shape index (κ1) is 17.9. The van der Waals surface area contributed by atoms with E-state index in [4.69, 9.17) is 11.6 Å². The number of amides is 1. The predicted molar refractivity (Wildman–Crippen MR) is 104 cm³/mol. The van der Waals surface area contributed by atoms with E-state index in [1.165, 1.54) is 0 Å². The summed E-state index contributed by atoms with van der Waals surface area (Å²) in [6.07, 6.45) is 0.306. The van der Waals surface area contributed by atoms with E-state index in [0.29, 0.717) is 29.6 Å². The Balaban J connectivity index is 1.55. The van der Waals surface area contributed by atoms with E-state index in [1.54, 1.807) is 12.1 Å². The van der Waals surface area contributed by atoms with E-state index in [9.17, 15) is 4.79 Å². The number of benzene rings is 2. The summed E-state index contributed by atoms with van der Waals surface area (Å²) in [7, 11) is 0. The summed E-state index contributed by atoms with van der Waals surface area (Å²) in [5.41, 5.74) is 3.07. The summed E-state index contributed by atoms with van der Waals surface area (Å²) < 4.78 is 0. The molecule has 0 aliphatic heterocycles. The third-order valence-electron chi connectivity index (χ3n) is 3.96. The molecule has 0 aliphatic rings. The van der Waals surface area contributed by atoms with Gasteiger partial charge in [-0.05, 0) is 41.8 Å². The van der Waals surface area contributed by atoms with Gasteiger partial charge >= 0.3 is 0 Å². The molecular formula is C20H19ClN4O. The maximum atomic E-state index is 12.2. The number of carbonyl (C=O) groups is 1. The Kier molecular flexibility index (Phi) is 5.81. The van der Waals surface area contributed by atoms with Crippen LogP contribution in [-0.4, -0.2) is 16.1 Å². The Hall–Kier alpha value is -2.92. The van der Waals surface area contributed by atoms with Gasteiger partial charge in [0.2, 0.25) is 5.91 Å². The average molecular weight is 367 g/mol. The summed E-state index contributed by atoms with van der Waals surface area (Å²) in [5, 5.41) is 14.7. The molecule has 0 spiro atoms. The number of hydrogen-bond donors (Lipinski definition) is 2. The van der Waals surface area contributed by atoms with Crippen LogP contribution in [0.4, 0.5) is 11.6 Å². The zero-order valence-electron chi connectivity index (χ0n) is 14.4. The van der Waals surface area contributed by atoms with Crippen molar-refractivity contribution in [1.29, 1.82) is 0 Å². The van der Waals surface area contributed by atoms with Crippen LogP contribution in [0.1, 0.15) is 16.7 Å². The summed E-state index contributed by atoms with van der Waals surface area (Å²) >= 11 is 6.13. The van der Waals surface area contributed by atoms with Crippen LogP contribution >= 0.6 is 11.6 Å². The maximum Gasteiger partial charge on any atom is 0.230 e. The molecule has 0 unspecified atom stereocenters. The number of nitrogens with one attached hydrogen (secondary N) is 2. The fraction of sp³-hybridized carbons (Fsp3) is 0.150. The number of nitrogens with zero attached hydrogens (tertiary/aromatic N) is 2. The smallest absolute Gasteiger partial charge is 0.230 e. The number of halogens is 1. The zero-order chi connectivity index (χ0) is 18.4. The second-order valence-corrected chi connectivity index (χ2v) is 6.31. The molecule has 1 heterocycles. The second kappa shape index (κ2) is 8.45. The van der Waals surface area contributed by atoms with E-state index in [1.807, 2.05) is 55.5 Å². The summed E-state index contributed by atoms with van der Waals surface area (Å²) in [4.78, 5) is 12.2. The SMILES string of the molecule is Cc1ccccc1CC(=O)Nc1ccc(NCc2ccccc2Cl)nn1. The van der Waals surface area contributed by atoms with Crippen LogP contribution in [0.2, 0.25) is 5.02 Å². The lowest BCUT2D eigenvalue weighted by atomic mass is 10.1. The largest absolute Gasteiger partial charge is 0.364 e. The normalized spacial score (nSPS) is 10.4. The molecule has 1 aromatic heterocycles. The maximum absolute atomic E-state index is 12.2. The molecule has 3 rings (SSSR count). The van der Waals surface area contributed by atoms with Crippen LogP contribution in [0.3, 0.4) is 0 Å². The molecule has 6 heteroatoms. The van der Waals surface area contributed by atoms with Crippen LogP contribution in [0.5, 0.6) is 0 Å². The molecule has 0 saturated carbocycles. The number of aromatic nitrogens is 2. The number of anilines is 2. The van der Waals surface area contributed by atoms with Gasteiger partial charge in [-0.3, -0.25) is 4.79 Å². The zero-order valence-corrected chi connectivity index (χ0v) is 15.1. The topological polar surface area (TPSA) is 66.9 Å². The van der Waals surface area contributed by atoms with E-state index in [-0.39, 0.29) is 5.91 Å². The van der Waals surface area contributed by atoms with Crippen LogP contribution < -0.4 is 10.6 Å². The molecule has 0 radical (unpaired) electrons. The predicted octanol–water partition coefficient (Wildman–Crippen LogP) is 4.23. The van der Waals surface area contributed by atoms with E-state index in [2.05, 4.69) is 20.8 Å². The molecule has 1 amide bonds. The van der Waals surface area contributed by atoms with Gasteiger partial charge in [0.25, 0.3) is 0 Å². The number of rotatable bonds is 6. The van der Waals surface area contributed by atoms with Crippen LogP contribution in [0.25, 0.3) is 0 Å². The highest BCUT2D eigenvalue weighted by Crippen LogP contribution is 2.16. The number of hydrogen-bond acceptors (Lipinski definition) is 4. The molecule has 0 saturated heterocycles. The minimum Gasteiger partial charge on any atom is -0.364 e. The molecule has 26 heavy (non-hydrogen) atoms. The van der Waals surface area contributed by atoms with Crippen LogP contribution in [0.15, 0.2) is 60.7 Å². The van der Waals surface area contributed by atoms with Crippen molar-refractivity contribution in [2.45, 2.75) is 19.9 Å². The molecule has 0 fully saturated rings. The molecular weight excluding hydrogens is 348 g/mol. The second-order valence-electron chi connectivity index (χ2n) is 5.90. The van der Waals surface area contributed by atoms with Crippen molar-refractivity contribution in [3.05, 3.63) is 82.4 Å². The fourth-order valence-corrected chi connectivity index (χ4v) is 2.69. The monoisotopic (exact) mass is 366 g/mol. The van der Waals surface area contributed by atoms with Gasteiger partial charge in [0, 0.05) is 11.6 Å². The van der Waals surface area contributed by atoms with Gasteiger partial charge < -0.3 is 10.6 Å². The molecule has 0 aliphatic carbocycles. The minimum absolute atomic E-state index is 0.120. The first-order valence-corrected chi connectivity index (χ1v) is 8.65. The van der Waals surface area contributed by atoms with Crippen molar-refractivity contribution in [3.8, 4) is 0 Å². The highest BCUT2D eigenvalue weighted by Gasteiger charge is 2.07. The molecule has 3 aromatic rings. The Bertz CT molecular complexity index is 896. The lowest BCUT2D eigenvalue weighted by molar-refractivity contribution is -0.115. The van der Waals surface area contributed by atoms with Crippen molar-refractivity contribution < 1.29 is 4.79 Å². The van der Waals surface area contributed by atoms with E-state index in [0.717, 1.165) is 16.7 Å².